The molecule has 0 bridgehead atoms. The molecule has 0 unspecified atom stereocenters. The van der Waals surface area contributed by atoms with Crippen molar-refractivity contribution in [3.05, 3.63) is 48.0 Å². The molecule has 0 aliphatic carbocycles. The Kier molecular flexibility index (Phi) is 6.59. The highest BCUT2D eigenvalue weighted by molar-refractivity contribution is 6.00. The van der Waals surface area contributed by atoms with Gasteiger partial charge in [0.15, 0.2) is 11.5 Å². The Morgan fingerprint density at radius 2 is 1.86 bits per heavy atom. The zero-order valence-electron chi connectivity index (χ0n) is 16.9. The molecule has 2 aromatic rings. The van der Waals surface area contributed by atoms with Crippen molar-refractivity contribution in [3.63, 3.8) is 0 Å². The fraction of sp³-hybridized carbons (Fsp3) is 0.364. The highest BCUT2D eigenvalue weighted by Crippen LogP contribution is 2.29. The van der Waals surface area contributed by atoms with Crippen molar-refractivity contribution >= 4 is 17.5 Å². The Balaban J connectivity index is 1.60. The molecule has 2 aromatic carbocycles. The second-order valence-electron chi connectivity index (χ2n) is 6.74. The first kappa shape index (κ1) is 20.5. The number of carbonyl (C=O) groups excluding carboxylic acids is 2. The quantitative estimate of drug-likeness (QED) is 0.740. The maximum Gasteiger partial charge on any atom is 0.227 e. The van der Waals surface area contributed by atoms with Gasteiger partial charge >= 0.3 is 0 Å². The van der Waals surface area contributed by atoms with E-state index < -0.39 is 0 Å². The molecule has 0 radical (unpaired) electrons. The van der Waals surface area contributed by atoms with Gasteiger partial charge in [-0.2, -0.15) is 0 Å². The van der Waals surface area contributed by atoms with E-state index in [0.29, 0.717) is 31.2 Å². The van der Waals surface area contributed by atoms with E-state index in [1.165, 1.54) is 0 Å². The van der Waals surface area contributed by atoms with Gasteiger partial charge in [0.2, 0.25) is 11.8 Å². The van der Waals surface area contributed by atoms with Crippen molar-refractivity contribution in [2.24, 2.45) is 5.92 Å². The molecule has 0 aromatic heterocycles. The second-order valence-corrected chi connectivity index (χ2v) is 6.74. The standard InChI is InChI=1S/C22H26N2O5/c1-4-29-20-11-15(5-10-19(20)28-3)13-23-22(26)16-12-21(25)24(14-16)17-6-8-18(27-2)9-7-17/h5-11,16H,4,12-14H2,1-3H3,(H,23,26)/t16-/m1/s1. The molecule has 0 saturated carbocycles. The summed E-state index contributed by atoms with van der Waals surface area (Å²) in [7, 11) is 3.18. The minimum Gasteiger partial charge on any atom is -0.497 e. The topological polar surface area (TPSA) is 77.1 Å². The molecule has 1 saturated heterocycles. The molecule has 1 N–H and O–H groups in total. The van der Waals surface area contributed by atoms with Crippen molar-refractivity contribution in [1.82, 2.24) is 5.32 Å². The first-order valence-electron chi connectivity index (χ1n) is 9.57. The van der Waals surface area contributed by atoms with Crippen LogP contribution in [-0.2, 0) is 16.1 Å². The van der Waals surface area contributed by atoms with Gasteiger partial charge in [0.05, 0.1) is 26.7 Å². The molecule has 0 spiro atoms. The number of amides is 2. The van der Waals surface area contributed by atoms with Crippen molar-refractivity contribution in [3.8, 4) is 17.2 Å². The van der Waals surface area contributed by atoms with Crippen molar-refractivity contribution in [1.29, 1.82) is 0 Å². The highest BCUT2D eigenvalue weighted by atomic mass is 16.5. The maximum atomic E-state index is 12.6. The second kappa shape index (κ2) is 9.32. The number of nitrogens with one attached hydrogen (secondary N) is 1. The summed E-state index contributed by atoms with van der Waals surface area (Å²) in [5.41, 5.74) is 1.67. The van der Waals surface area contributed by atoms with Crippen molar-refractivity contribution < 1.29 is 23.8 Å². The first-order chi connectivity index (χ1) is 14.0. The number of methoxy groups -OCH3 is 2. The van der Waals surface area contributed by atoms with Crippen LogP contribution in [0.4, 0.5) is 5.69 Å². The van der Waals surface area contributed by atoms with E-state index in [2.05, 4.69) is 5.32 Å². The molecular weight excluding hydrogens is 372 g/mol. The van der Waals surface area contributed by atoms with Crippen LogP contribution >= 0.6 is 0 Å². The lowest BCUT2D eigenvalue weighted by atomic mass is 10.1. The summed E-state index contributed by atoms with van der Waals surface area (Å²) < 4.78 is 16.0. The summed E-state index contributed by atoms with van der Waals surface area (Å²) in [5.74, 6) is 1.44. The summed E-state index contributed by atoms with van der Waals surface area (Å²) in [6.45, 7) is 3.15. The predicted molar refractivity (Wildman–Crippen MR) is 109 cm³/mol. The van der Waals surface area contributed by atoms with E-state index in [0.717, 1.165) is 17.0 Å². The van der Waals surface area contributed by atoms with E-state index in [9.17, 15) is 9.59 Å². The van der Waals surface area contributed by atoms with Crippen LogP contribution in [0.15, 0.2) is 42.5 Å². The number of anilines is 1. The number of rotatable bonds is 8. The van der Waals surface area contributed by atoms with E-state index in [4.69, 9.17) is 14.2 Å². The highest BCUT2D eigenvalue weighted by Gasteiger charge is 2.35. The molecule has 7 nitrogen and oxygen atoms in total. The minimum absolute atomic E-state index is 0.0570. The molecule has 1 aliphatic rings. The average molecular weight is 398 g/mol. The predicted octanol–water partition coefficient (Wildman–Crippen LogP) is 2.77. The van der Waals surface area contributed by atoms with Crippen LogP contribution in [0.2, 0.25) is 0 Å². The molecule has 154 valence electrons. The van der Waals surface area contributed by atoms with Crippen molar-refractivity contribution in [2.75, 3.05) is 32.3 Å². The van der Waals surface area contributed by atoms with Gasteiger partial charge in [-0.1, -0.05) is 6.07 Å². The smallest absolute Gasteiger partial charge is 0.227 e. The van der Waals surface area contributed by atoms with Gasteiger partial charge in [0.1, 0.15) is 5.75 Å². The van der Waals surface area contributed by atoms with Crippen LogP contribution in [0.25, 0.3) is 0 Å². The molecule has 1 aliphatic heterocycles. The monoisotopic (exact) mass is 398 g/mol. The van der Waals surface area contributed by atoms with E-state index in [1.54, 1.807) is 31.3 Å². The third-order valence-corrected chi connectivity index (χ3v) is 4.87. The van der Waals surface area contributed by atoms with Crippen LogP contribution in [0, 0.1) is 5.92 Å². The summed E-state index contributed by atoms with van der Waals surface area (Å²) >= 11 is 0. The largest absolute Gasteiger partial charge is 0.497 e. The van der Waals surface area contributed by atoms with Crippen molar-refractivity contribution in [2.45, 2.75) is 19.9 Å². The lowest BCUT2D eigenvalue weighted by molar-refractivity contribution is -0.126. The molecule has 1 atom stereocenters. The summed E-state index contributed by atoms with van der Waals surface area (Å²) in [6, 6.07) is 12.8. The van der Waals surface area contributed by atoms with Crippen LogP contribution < -0.4 is 24.4 Å². The summed E-state index contributed by atoms with van der Waals surface area (Å²) in [4.78, 5) is 26.6. The summed E-state index contributed by atoms with van der Waals surface area (Å²) in [6.07, 6.45) is 0.199. The van der Waals surface area contributed by atoms with E-state index in [-0.39, 0.29) is 24.2 Å². The van der Waals surface area contributed by atoms with Gasteiger partial charge < -0.3 is 24.4 Å². The first-order valence-corrected chi connectivity index (χ1v) is 9.57. The molecule has 29 heavy (non-hydrogen) atoms. The number of carbonyl (C=O) groups is 2. The van der Waals surface area contributed by atoms with Gasteiger partial charge in [0, 0.05) is 25.2 Å². The Bertz CT molecular complexity index is 866. The lowest BCUT2D eigenvalue weighted by Gasteiger charge is -2.17. The third kappa shape index (κ3) is 4.80. The number of ether oxygens (including phenoxy) is 3. The molecule has 7 heteroatoms. The van der Waals surface area contributed by atoms with Crippen LogP contribution in [0.1, 0.15) is 18.9 Å². The molecule has 2 amide bonds. The number of benzene rings is 2. The van der Waals surface area contributed by atoms with Crippen LogP contribution in [-0.4, -0.2) is 39.2 Å². The minimum atomic E-state index is -0.380. The SMILES string of the molecule is CCOc1cc(CNC(=O)[C@@H]2CC(=O)N(c3ccc(OC)cc3)C2)ccc1OC. The third-order valence-electron chi connectivity index (χ3n) is 4.87. The van der Waals surface area contributed by atoms with Crippen LogP contribution in [0.3, 0.4) is 0 Å². The Morgan fingerprint density at radius 3 is 2.52 bits per heavy atom. The fourth-order valence-electron chi connectivity index (χ4n) is 3.33. The van der Waals surface area contributed by atoms with E-state index in [1.807, 2.05) is 37.3 Å². The van der Waals surface area contributed by atoms with Gasteiger partial charge in [-0.3, -0.25) is 9.59 Å². The Labute approximate surface area is 170 Å². The normalized spacial score (nSPS) is 15.9. The Morgan fingerprint density at radius 1 is 1.10 bits per heavy atom. The van der Waals surface area contributed by atoms with Gasteiger partial charge in [0.25, 0.3) is 0 Å². The number of hydrogen-bond acceptors (Lipinski definition) is 5. The molecule has 1 heterocycles. The summed E-state index contributed by atoms with van der Waals surface area (Å²) in [5, 5.41) is 2.92. The maximum absolute atomic E-state index is 12.6. The van der Waals surface area contributed by atoms with Gasteiger partial charge in [-0.05, 0) is 48.9 Å². The number of hydrogen-bond donors (Lipinski definition) is 1. The van der Waals surface area contributed by atoms with E-state index >= 15 is 0 Å². The molecule has 3 rings (SSSR count). The molecular formula is C22H26N2O5. The zero-order chi connectivity index (χ0) is 20.8. The lowest BCUT2D eigenvalue weighted by Crippen LogP contribution is -2.32. The zero-order valence-corrected chi connectivity index (χ0v) is 16.9. The number of nitrogens with zero attached hydrogens (tertiary/aromatic N) is 1. The fourth-order valence-corrected chi connectivity index (χ4v) is 3.33. The van der Waals surface area contributed by atoms with Crippen LogP contribution in [0.5, 0.6) is 17.2 Å². The van der Waals surface area contributed by atoms with Gasteiger partial charge in [-0.15, -0.1) is 0 Å². The molecule has 1 fully saturated rings. The van der Waals surface area contributed by atoms with Gasteiger partial charge in [-0.25, -0.2) is 0 Å². The average Bonchev–Trinajstić information content (AvgIpc) is 3.14. The Hall–Kier alpha value is -3.22.